The monoisotopic (exact) mass is 340 g/mol. The summed E-state index contributed by atoms with van der Waals surface area (Å²) in [6.07, 6.45) is 4.05. The van der Waals surface area contributed by atoms with E-state index in [0.717, 1.165) is 43.5 Å². The first kappa shape index (κ1) is 19.8. The van der Waals surface area contributed by atoms with Gasteiger partial charge in [-0.1, -0.05) is 31.9 Å². The van der Waals surface area contributed by atoms with Gasteiger partial charge in [0, 0.05) is 12.6 Å². The maximum atomic E-state index is 12.9. The quantitative estimate of drug-likeness (QED) is 0.802. The van der Waals surface area contributed by atoms with Gasteiger partial charge in [-0.15, -0.1) is 12.4 Å². The Balaban J connectivity index is 0.00000264. The lowest BCUT2D eigenvalue weighted by Gasteiger charge is -2.29. The van der Waals surface area contributed by atoms with Crippen molar-refractivity contribution in [3.05, 3.63) is 29.8 Å². The normalized spacial score (nSPS) is 17.2. The number of methoxy groups -OCH3 is 1. The number of halogens is 1. The zero-order valence-electron chi connectivity index (χ0n) is 14.4. The molecule has 1 aliphatic rings. The Bertz CT molecular complexity index is 502. The van der Waals surface area contributed by atoms with Crippen LogP contribution in [0.2, 0.25) is 0 Å². The maximum absolute atomic E-state index is 12.9. The fraction of sp³-hybridized carbons (Fsp3) is 0.611. The second kappa shape index (κ2) is 9.14. The van der Waals surface area contributed by atoms with E-state index < -0.39 is 0 Å². The Labute approximate surface area is 145 Å². The predicted molar refractivity (Wildman–Crippen MR) is 96.5 cm³/mol. The van der Waals surface area contributed by atoms with Crippen LogP contribution in [0.25, 0.3) is 0 Å². The SMILES string of the molecule is CCN[C@H](C)CNC(=O)C1(c2cccc(OC)c2)CCCC1.Cl. The van der Waals surface area contributed by atoms with Crippen LogP contribution < -0.4 is 15.4 Å². The van der Waals surface area contributed by atoms with E-state index in [1.165, 1.54) is 0 Å². The number of hydrogen-bond donors (Lipinski definition) is 2. The van der Waals surface area contributed by atoms with Crippen LogP contribution in [0, 0.1) is 0 Å². The van der Waals surface area contributed by atoms with Crippen LogP contribution in [0.5, 0.6) is 5.75 Å². The zero-order valence-corrected chi connectivity index (χ0v) is 15.2. The first-order valence-electron chi connectivity index (χ1n) is 8.28. The summed E-state index contributed by atoms with van der Waals surface area (Å²) in [5.41, 5.74) is 0.693. The number of carbonyl (C=O) groups is 1. The van der Waals surface area contributed by atoms with Gasteiger partial charge in [0.25, 0.3) is 0 Å². The Morgan fingerprint density at radius 1 is 1.35 bits per heavy atom. The average Bonchev–Trinajstić information content (AvgIpc) is 3.04. The fourth-order valence-corrected chi connectivity index (χ4v) is 3.38. The van der Waals surface area contributed by atoms with Gasteiger partial charge in [0.15, 0.2) is 0 Å². The standard InChI is InChI=1S/C18H28N2O2.ClH/c1-4-19-14(2)13-20-17(21)18(10-5-6-11-18)15-8-7-9-16(12-15)22-3;/h7-9,12,14,19H,4-6,10-11,13H2,1-3H3,(H,20,21);1H/t14-;/m1./s1. The van der Waals surface area contributed by atoms with Crippen LogP contribution in [0.15, 0.2) is 24.3 Å². The van der Waals surface area contributed by atoms with Crippen molar-refractivity contribution >= 4 is 18.3 Å². The molecule has 1 amide bonds. The minimum absolute atomic E-state index is 0. The Hall–Kier alpha value is -1.26. The minimum atomic E-state index is -0.388. The molecule has 1 saturated carbocycles. The van der Waals surface area contributed by atoms with Crippen LogP contribution in [0.3, 0.4) is 0 Å². The average molecular weight is 341 g/mol. The lowest BCUT2D eigenvalue weighted by atomic mass is 9.78. The van der Waals surface area contributed by atoms with E-state index in [2.05, 4.69) is 30.5 Å². The molecule has 0 unspecified atom stereocenters. The van der Waals surface area contributed by atoms with E-state index in [1.54, 1.807) is 7.11 Å². The molecular formula is C18H29ClN2O2. The van der Waals surface area contributed by atoms with Crippen molar-refractivity contribution < 1.29 is 9.53 Å². The lowest BCUT2D eigenvalue weighted by molar-refractivity contribution is -0.126. The Kier molecular flexibility index (Phi) is 7.86. The first-order chi connectivity index (χ1) is 10.6. The first-order valence-corrected chi connectivity index (χ1v) is 8.28. The number of hydrogen-bond acceptors (Lipinski definition) is 3. The van der Waals surface area contributed by atoms with Crippen LogP contribution in [0.4, 0.5) is 0 Å². The molecule has 1 aromatic rings. The third-order valence-corrected chi connectivity index (χ3v) is 4.64. The molecule has 1 aliphatic carbocycles. The topological polar surface area (TPSA) is 50.4 Å². The van der Waals surface area contributed by atoms with Gasteiger partial charge >= 0.3 is 0 Å². The van der Waals surface area contributed by atoms with Gasteiger partial charge in [0.2, 0.25) is 5.91 Å². The molecule has 1 fully saturated rings. The smallest absolute Gasteiger partial charge is 0.230 e. The highest BCUT2D eigenvalue weighted by Gasteiger charge is 2.42. The Morgan fingerprint density at radius 2 is 2.04 bits per heavy atom. The molecule has 5 heteroatoms. The molecule has 4 nitrogen and oxygen atoms in total. The van der Waals surface area contributed by atoms with E-state index in [9.17, 15) is 4.79 Å². The molecule has 2 rings (SSSR count). The van der Waals surface area contributed by atoms with Gasteiger partial charge in [-0.3, -0.25) is 4.79 Å². The summed E-state index contributed by atoms with van der Waals surface area (Å²) < 4.78 is 5.33. The number of likely N-dealkylation sites (N-methyl/N-ethyl adjacent to an activating group) is 1. The van der Waals surface area contributed by atoms with Crippen molar-refractivity contribution in [1.82, 2.24) is 10.6 Å². The van der Waals surface area contributed by atoms with Gasteiger partial charge < -0.3 is 15.4 Å². The molecule has 0 aromatic heterocycles. The molecule has 0 aliphatic heterocycles. The van der Waals surface area contributed by atoms with E-state index >= 15 is 0 Å². The summed E-state index contributed by atoms with van der Waals surface area (Å²) in [6, 6.07) is 8.26. The van der Waals surface area contributed by atoms with E-state index in [4.69, 9.17) is 4.74 Å². The van der Waals surface area contributed by atoms with Crippen LogP contribution in [-0.2, 0) is 10.2 Å². The third kappa shape index (κ3) is 4.61. The summed E-state index contributed by atoms with van der Waals surface area (Å²) >= 11 is 0. The van der Waals surface area contributed by atoms with Crippen molar-refractivity contribution in [3.8, 4) is 5.75 Å². The number of nitrogens with one attached hydrogen (secondary N) is 2. The largest absolute Gasteiger partial charge is 0.497 e. The number of benzene rings is 1. The maximum Gasteiger partial charge on any atom is 0.230 e. The van der Waals surface area contributed by atoms with Crippen LogP contribution in [-0.4, -0.2) is 32.1 Å². The highest BCUT2D eigenvalue weighted by molar-refractivity contribution is 5.88. The Morgan fingerprint density at radius 3 is 2.65 bits per heavy atom. The molecule has 1 atom stereocenters. The second-order valence-electron chi connectivity index (χ2n) is 6.19. The van der Waals surface area contributed by atoms with Crippen molar-refractivity contribution in [3.63, 3.8) is 0 Å². The van der Waals surface area contributed by atoms with Gasteiger partial charge in [-0.2, -0.15) is 0 Å². The molecule has 0 heterocycles. The molecule has 0 spiro atoms. The molecule has 2 N–H and O–H groups in total. The molecule has 1 aromatic carbocycles. The number of amides is 1. The lowest BCUT2D eigenvalue weighted by Crippen LogP contribution is -2.47. The molecule has 0 bridgehead atoms. The molecule has 130 valence electrons. The molecular weight excluding hydrogens is 312 g/mol. The van der Waals surface area contributed by atoms with E-state index in [0.29, 0.717) is 6.54 Å². The summed E-state index contributed by atoms with van der Waals surface area (Å²) in [5.74, 6) is 0.973. The highest BCUT2D eigenvalue weighted by atomic mass is 35.5. The van der Waals surface area contributed by atoms with E-state index in [-0.39, 0.29) is 29.8 Å². The predicted octanol–water partition coefficient (Wildman–Crippen LogP) is 3.04. The van der Waals surface area contributed by atoms with Crippen molar-refractivity contribution in [2.75, 3.05) is 20.2 Å². The number of carbonyl (C=O) groups excluding carboxylic acids is 1. The van der Waals surface area contributed by atoms with Gasteiger partial charge in [0.1, 0.15) is 5.75 Å². The zero-order chi connectivity index (χ0) is 16.0. The van der Waals surface area contributed by atoms with Crippen molar-refractivity contribution in [2.24, 2.45) is 0 Å². The van der Waals surface area contributed by atoms with Gasteiger partial charge in [-0.25, -0.2) is 0 Å². The highest BCUT2D eigenvalue weighted by Crippen LogP contribution is 2.42. The molecule has 0 radical (unpaired) electrons. The van der Waals surface area contributed by atoms with Gasteiger partial charge in [0.05, 0.1) is 12.5 Å². The summed E-state index contributed by atoms with van der Waals surface area (Å²) in [5, 5.41) is 6.47. The number of ether oxygens (including phenoxy) is 1. The van der Waals surface area contributed by atoms with Gasteiger partial charge in [-0.05, 0) is 44.0 Å². The van der Waals surface area contributed by atoms with Crippen molar-refractivity contribution in [2.45, 2.75) is 51.0 Å². The third-order valence-electron chi connectivity index (χ3n) is 4.64. The van der Waals surface area contributed by atoms with E-state index in [1.807, 2.05) is 18.2 Å². The molecule has 0 saturated heterocycles. The summed E-state index contributed by atoms with van der Waals surface area (Å²) in [7, 11) is 1.67. The minimum Gasteiger partial charge on any atom is -0.497 e. The summed E-state index contributed by atoms with van der Waals surface area (Å²) in [4.78, 5) is 12.9. The van der Waals surface area contributed by atoms with Crippen molar-refractivity contribution in [1.29, 1.82) is 0 Å². The van der Waals surface area contributed by atoms with Crippen LogP contribution >= 0.6 is 12.4 Å². The second-order valence-corrected chi connectivity index (χ2v) is 6.19. The van der Waals surface area contributed by atoms with Crippen LogP contribution in [0.1, 0.15) is 45.1 Å². The summed E-state index contributed by atoms with van der Waals surface area (Å²) in [6.45, 7) is 5.75. The fourth-order valence-electron chi connectivity index (χ4n) is 3.38. The molecule has 23 heavy (non-hydrogen) atoms. The number of rotatable bonds is 7.